The number of nitrogens with zero attached hydrogens (tertiary/aromatic N) is 1. The Morgan fingerprint density at radius 2 is 2.17 bits per heavy atom. The standard InChI is InChI=1S/C18H20F2N2O2/c19-15-4-3-12(8-16(15)20)17(23)11-22-14-5-7-24-18(9-14)13-2-1-6-21-10-13/h1-4,6,8,10,14,17-18,22-23H,5,7,9,11H2/t14-,17?,18-/m1/s1. The summed E-state index contributed by atoms with van der Waals surface area (Å²) >= 11 is 0. The Bertz CT molecular complexity index is 669. The van der Waals surface area contributed by atoms with Crippen molar-refractivity contribution < 1.29 is 18.6 Å². The number of aliphatic hydroxyl groups is 1. The van der Waals surface area contributed by atoms with Gasteiger partial charge in [-0.25, -0.2) is 8.78 Å². The number of hydrogen-bond donors (Lipinski definition) is 2. The van der Waals surface area contributed by atoms with E-state index >= 15 is 0 Å². The molecule has 0 amide bonds. The Morgan fingerprint density at radius 3 is 2.92 bits per heavy atom. The van der Waals surface area contributed by atoms with Gasteiger partial charge in [-0.2, -0.15) is 0 Å². The molecule has 6 heteroatoms. The summed E-state index contributed by atoms with van der Waals surface area (Å²) in [4.78, 5) is 4.11. The summed E-state index contributed by atoms with van der Waals surface area (Å²) in [6, 6.07) is 7.50. The minimum atomic E-state index is -0.950. The molecule has 2 heterocycles. The first-order chi connectivity index (χ1) is 11.6. The Hall–Kier alpha value is -1.89. The van der Waals surface area contributed by atoms with E-state index in [2.05, 4.69) is 10.3 Å². The molecule has 1 unspecified atom stereocenters. The van der Waals surface area contributed by atoms with Crippen LogP contribution >= 0.6 is 0 Å². The van der Waals surface area contributed by atoms with E-state index in [4.69, 9.17) is 4.74 Å². The second kappa shape index (κ2) is 7.79. The Balaban J connectivity index is 1.55. The molecule has 4 nitrogen and oxygen atoms in total. The summed E-state index contributed by atoms with van der Waals surface area (Å²) in [6.45, 7) is 0.897. The molecule has 2 N–H and O–H groups in total. The van der Waals surface area contributed by atoms with E-state index in [1.807, 2.05) is 12.1 Å². The maximum absolute atomic E-state index is 13.2. The van der Waals surface area contributed by atoms with Crippen molar-refractivity contribution in [2.24, 2.45) is 0 Å². The van der Waals surface area contributed by atoms with Crippen LogP contribution in [-0.4, -0.2) is 29.3 Å². The highest BCUT2D eigenvalue weighted by molar-refractivity contribution is 5.20. The zero-order valence-electron chi connectivity index (χ0n) is 13.2. The van der Waals surface area contributed by atoms with Crippen molar-refractivity contribution >= 4 is 0 Å². The number of nitrogens with one attached hydrogen (secondary N) is 1. The Kier molecular flexibility index (Phi) is 5.50. The first kappa shape index (κ1) is 17.0. The van der Waals surface area contributed by atoms with Crippen molar-refractivity contribution in [1.29, 1.82) is 0 Å². The molecule has 1 aromatic heterocycles. The molecule has 1 aliphatic rings. The number of rotatable bonds is 5. The van der Waals surface area contributed by atoms with Crippen LogP contribution in [0, 0.1) is 11.6 Å². The number of ether oxygens (including phenoxy) is 1. The monoisotopic (exact) mass is 334 g/mol. The summed E-state index contributed by atoms with van der Waals surface area (Å²) < 4.78 is 32.0. The molecule has 2 aromatic rings. The van der Waals surface area contributed by atoms with Crippen LogP contribution in [0.2, 0.25) is 0 Å². The third-order valence-electron chi connectivity index (χ3n) is 4.27. The van der Waals surface area contributed by atoms with Crippen molar-refractivity contribution in [2.45, 2.75) is 31.1 Å². The topological polar surface area (TPSA) is 54.4 Å². The molecular formula is C18H20F2N2O2. The fourth-order valence-corrected chi connectivity index (χ4v) is 2.90. The molecule has 3 rings (SSSR count). The molecule has 0 radical (unpaired) electrons. The van der Waals surface area contributed by atoms with Crippen molar-refractivity contribution in [3.8, 4) is 0 Å². The van der Waals surface area contributed by atoms with Crippen LogP contribution in [0.4, 0.5) is 8.78 Å². The van der Waals surface area contributed by atoms with Crippen LogP contribution in [0.15, 0.2) is 42.7 Å². The highest BCUT2D eigenvalue weighted by atomic mass is 19.2. The number of hydrogen-bond acceptors (Lipinski definition) is 4. The lowest BCUT2D eigenvalue weighted by atomic mass is 9.98. The number of benzene rings is 1. The maximum atomic E-state index is 13.2. The normalized spacial score (nSPS) is 22.3. The van der Waals surface area contributed by atoms with E-state index in [0.717, 1.165) is 30.5 Å². The Labute approximate surface area is 139 Å². The molecular weight excluding hydrogens is 314 g/mol. The van der Waals surface area contributed by atoms with E-state index in [-0.39, 0.29) is 18.7 Å². The van der Waals surface area contributed by atoms with Gasteiger partial charge in [0.15, 0.2) is 11.6 Å². The van der Waals surface area contributed by atoms with Crippen LogP contribution in [0.3, 0.4) is 0 Å². The fraction of sp³-hybridized carbons (Fsp3) is 0.389. The molecule has 0 aliphatic carbocycles. The molecule has 0 saturated carbocycles. The van der Waals surface area contributed by atoms with Gasteiger partial charge in [0.05, 0.1) is 12.2 Å². The van der Waals surface area contributed by atoms with Crippen LogP contribution in [-0.2, 0) is 4.74 Å². The summed E-state index contributed by atoms with van der Waals surface area (Å²) in [7, 11) is 0. The summed E-state index contributed by atoms with van der Waals surface area (Å²) in [6.07, 6.45) is 4.21. The zero-order chi connectivity index (χ0) is 16.9. The van der Waals surface area contributed by atoms with Crippen LogP contribution in [0.25, 0.3) is 0 Å². The van der Waals surface area contributed by atoms with Gasteiger partial charge in [-0.15, -0.1) is 0 Å². The molecule has 24 heavy (non-hydrogen) atoms. The average Bonchev–Trinajstić information content (AvgIpc) is 2.63. The van der Waals surface area contributed by atoms with Gasteiger partial charge >= 0.3 is 0 Å². The SMILES string of the molecule is OC(CN[C@@H]1CCO[C@@H](c2cccnc2)C1)c1ccc(F)c(F)c1. The highest BCUT2D eigenvalue weighted by Gasteiger charge is 2.24. The lowest BCUT2D eigenvalue weighted by molar-refractivity contribution is -0.00199. The molecule has 3 atom stereocenters. The van der Waals surface area contributed by atoms with Gasteiger partial charge in [0.25, 0.3) is 0 Å². The van der Waals surface area contributed by atoms with Gasteiger partial charge in [-0.3, -0.25) is 4.98 Å². The summed E-state index contributed by atoms with van der Waals surface area (Å²) in [5.74, 6) is -1.86. The summed E-state index contributed by atoms with van der Waals surface area (Å²) in [5.41, 5.74) is 1.39. The zero-order valence-corrected chi connectivity index (χ0v) is 13.2. The minimum Gasteiger partial charge on any atom is -0.387 e. The summed E-state index contributed by atoms with van der Waals surface area (Å²) in [5, 5.41) is 13.4. The van der Waals surface area contributed by atoms with Gasteiger partial charge in [-0.1, -0.05) is 12.1 Å². The maximum Gasteiger partial charge on any atom is 0.159 e. The predicted molar refractivity (Wildman–Crippen MR) is 85.3 cm³/mol. The Morgan fingerprint density at radius 1 is 1.29 bits per heavy atom. The minimum absolute atomic E-state index is 0.0228. The molecule has 0 spiro atoms. The van der Waals surface area contributed by atoms with Gasteiger partial charge in [0.1, 0.15) is 0 Å². The predicted octanol–water partition coefficient (Wildman–Crippen LogP) is 2.90. The van der Waals surface area contributed by atoms with Crippen molar-refractivity contribution in [2.75, 3.05) is 13.2 Å². The van der Waals surface area contributed by atoms with Gasteiger partial charge < -0.3 is 15.2 Å². The van der Waals surface area contributed by atoms with Crippen molar-refractivity contribution in [1.82, 2.24) is 10.3 Å². The molecule has 1 aliphatic heterocycles. The van der Waals surface area contributed by atoms with Gasteiger partial charge in [0, 0.05) is 31.6 Å². The third-order valence-corrected chi connectivity index (χ3v) is 4.27. The average molecular weight is 334 g/mol. The second-order valence-electron chi connectivity index (χ2n) is 5.96. The number of halogens is 2. The number of pyridine rings is 1. The molecule has 1 aromatic carbocycles. The van der Waals surface area contributed by atoms with Crippen molar-refractivity contribution in [3.05, 3.63) is 65.5 Å². The molecule has 1 fully saturated rings. The van der Waals surface area contributed by atoms with Crippen LogP contribution < -0.4 is 5.32 Å². The van der Waals surface area contributed by atoms with Gasteiger partial charge in [0.2, 0.25) is 0 Å². The smallest absolute Gasteiger partial charge is 0.159 e. The molecule has 0 bridgehead atoms. The number of aliphatic hydroxyl groups excluding tert-OH is 1. The van der Waals surface area contributed by atoms with Gasteiger partial charge in [-0.05, 0) is 42.2 Å². The van der Waals surface area contributed by atoms with E-state index in [1.54, 1.807) is 12.4 Å². The second-order valence-corrected chi connectivity index (χ2v) is 5.96. The first-order valence-corrected chi connectivity index (χ1v) is 8.01. The highest BCUT2D eigenvalue weighted by Crippen LogP contribution is 2.27. The largest absolute Gasteiger partial charge is 0.387 e. The van der Waals surface area contributed by atoms with E-state index in [1.165, 1.54) is 6.07 Å². The molecule has 128 valence electrons. The quantitative estimate of drug-likeness (QED) is 0.883. The van der Waals surface area contributed by atoms with E-state index in [0.29, 0.717) is 12.2 Å². The van der Waals surface area contributed by atoms with Crippen LogP contribution in [0.5, 0.6) is 0 Å². The first-order valence-electron chi connectivity index (χ1n) is 8.01. The third kappa shape index (κ3) is 4.14. The molecule has 1 saturated heterocycles. The van der Waals surface area contributed by atoms with Crippen LogP contribution in [0.1, 0.15) is 36.2 Å². The fourth-order valence-electron chi connectivity index (χ4n) is 2.90. The van der Waals surface area contributed by atoms with Crippen molar-refractivity contribution in [3.63, 3.8) is 0 Å². The number of aromatic nitrogens is 1. The van der Waals surface area contributed by atoms with E-state index in [9.17, 15) is 13.9 Å². The van der Waals surface area contributed by atoms with E-state index < -0.39 is 17.7 Å². The lowest BCUT2D eigenvalue weighted by Gasteiger charge is -2.31. The lowest BCUT2D eigenvalue weighted by Crippen LogP contribution is -2.38.